The van der Waals surface area contributed by atoms with E-state index >= 15 is 0 Å². The van der Waals surface area contributed by atoms with Crippen LogP contribution in [0, 0.1) is 5.92 Å². The highest BCUT2D eigenvalue weighted by Crippen LogP contribution is 2.29. The maximum Gasteiger partial charge on any atom is 0.308 e. The minimum absolute atomic E-state index is 0.00866. The molecule has 1 aromatic heterocycles. The highest BCUT2D eigenvalue weighted by molar-refractivity contribution is 8.14. The van der Waals surface area contributed by atoms with E-state index in [0.717, 1.165) is 28.8 Å². The molecule has 0 radical (unpaired) electrons. The summed E-state index contributed by atoms with van der Waals surface area (Å²) in [5.74, 6) is -0.372. The molecule has 2 amide bonds. The lowest BCUT2D eigenvalue weighted by Gasteiger charge is -2.21. The number of ether oxygens (including phenoxy) is 1. The molecule has 2 atom stereocenters. The Balaban J connectivity index is 1.43. The Kier molecular flexibility index (Phi) is 7.79. The average molecular weight is 482 g/mol. The average Bonchev–Trinajstić information content (AvgIpc) is 3.49. The van der Waals surface area contributed by atoms with Crippen LogP contribution in [0.2, 0.25) is 0 Å². The number of carbonyl (C=O) groups excluding carboxylic acids is 3. The summed E-state index contributed by atoms with van der Waals surface area (Å²) >= 11 is 1.66. The lowest BCUT2D eigenvalue weighted by Crippen LogP contribution is -2.36. The van der Waals surface area contributed by atoms with Crippen molar-refractivity contribution in [1.29, 1.82) is 0 Å². The number of thioether (sulfide) groups is 1. The highest BCUT2D eigenvalue weighted by atomic mass is 32.2. The maximum absolute atomic E-state index is 13.1. The van der Waals surface area contributed by atoms with Crippen LogP contribution in [0.1, 0.15) is 31.4 Å². The molecule has 1 saturated heterocycles. The van der Waals surface area contributed by atoms with Crippen LogP contribution < -0.4 is 15.5 Å². The summed E-state index contributed by atoms with van der Waals surface area (Å²) in [7, 11) is 0. The van der Waals surface area contributed by atoms with Crippen LogP contribution in [-0.2, 0) is 19.1 Å². The van der Waals surface area contributed by atoms with Gasteiger partial charge in [-0.1, -0.05) is 23.9 Å². The Hall–Kier alpha value is -3.40. The smallest absolute Gasteiger partial charge is 0.308 e. The van der Waals surface area contributed by atoms with E-state index in [0.29, 0.717) is 5.56 Å². The first-order valence-electron chi connectivity index (χ1n) is 11.2. The van der Waals surface area contributed by atoms with Crippen LogP contribution in [0.3, 0.4) is 0 Å². The largest absolute Gasteiger partial charge is 0.466 e. The van der Waals surface area contributed by atoms with Crippen molar-refractivity contribution in [2.45, 2.75) is 25.8 Å². The van der Waals surface area contributed by atoms with E-state index in [1.807, 2.05) is 24.3 Å². The van der Waals surface area contributed by atoms with Gasteiger partial charge in [-0.15, -0.1) is 0 Å². The summed E-state index contributed by atoms with van der Waals surface area (Å²) < 4.78 is 5.06. The molecule has 0 spiro atoms. The number of amidine groups is 1. The van der Waals surface area contributed by atoms with Gasteiger partial charge in [0, 0.05) is 42.5 Å². The third-order valence-electron chi connectivity index (χ3n) is 5.57. The number of anilines is 2. The summed E-state index contributed by atoms with van der Waals surface area (Å²) in [6, 6.07) is 10.5. The number of nitrogens with zero attached hydrogens (tertiary/aromatic N) is 3. The Morgan fingerprint density at radius 2 is 2.18 bits per heavy atom. The zero-order chi connectivity index (χ0) is 23.9. The molecular weight excluding hydrogens is 454 g/mol. The number of esters is 1. The van der Waals surface area contributed by atoms with Gasteiger partial charge >= 0.3 is 5.97 Å². The zero-order valence-corrected chi connectivity index (χ0v) is 19.7. The number of aromatic nitrogens is 1. The Morgan fingerprint density at radius 1 is 1.29 bits per heavy atom. The zero-order valence-electron chi connectivity index (χ0n) is 18.9. The Labute approximate surface area is 202 Å². The summed E-state index contributed by atoms with van der Waals surface area (Å²) in [5.41, 5.74) is 2.28. The molecule has 10 heteroatoms. The SMILES string of the molecule is CCOC(=O)CC(NC(=O)C1CC(=O)N(c2cccc(NC3=NCCS3)c2)C1)c1cccnc1. The van der Waals surface area contributed by atoms with E-state index in [9.17, 15) is 14.4 Å². The van der Waals surface area contributed by atoms with E-state index in [1.165, 1.54) is 0 Å². The molecule has 2 aliphatic heterocycles. The second-order valence-electron chi connectivity index (χ2n) is 7.97. The van der Waals surface area contributed by atoms with Gasteiger partial charge in [-0.2, -0.15) is 0 Å². The molecule has 178 valence electrons. The molecule has 2 aliphatic rings. The van der Waals surface area contributed by atoms with Crippen LogP contribution >= 0.6 is 11.8 Å². The molecule has 34 heavy (non-hydrogen) atoms. The van der Waals surface area contributed by atoms with E-state index in [1.54, 1.807) is 48.1 Å². The number of hydrogen-bond acceptors (Lipinski definition) is 8. The Morgan fingerprint density at radius 3 is 2.91 bits per heavy atom. The topological polar surface area (TPSA) is 113 Å². The summed E-state index contributed by atoms with van der Waals surface area (Å²) in [5, 5.41) is 7.07. The van der Waals surface area contributed by atoms with Gasteiger partial charge in [-0.3, -0.25) is 24.4 Å². The summed E-state index contributed by atoms with van der Waals surface area (Å²) in [6.07, 6.45) is 3.33. The van der Waals surface area contributed by atoms with Crippen molar-refractivity contribution < 1.29 is 19.1 Å². The fraction of sp³-hybridized carbons (Fsp3) is 0.375. The molecular formula is C24H27N5O4S. The van der Waals surface area contributed by atoms with Gasteiger partial charge in [-0.25, -0.2) is 0 Å². The minimum Gasteiger partial charge on any atom is -0.466 e. The first kappa shape index (κ1) is 23.7. The van der Waals surface area contributed by atoms with Gasteiger partial charge in [-0.05, 0) is 36.8 Å². The van der Waals surface area contributed by atoms with Gasteiger partial charge in [0.15, 0.2) is 5.17 Å². The van der Waals surface area contributed by atoms with Crippen molar-refractivity contribution in [3.8, 4) is 0 Å². The number of pyridine rings is 1. The molecule has 4 rings (SSSR count). The minimum atomic E-state index is -0.582. The fourth-order valence-electron chi connectivity index (χ4n) is 3.93. The lowest BCUT2D eigenvalue weighted by atomic mass is 10.0. The van der Waals surface area contributed by atoms with Crippen molar-refractivity contribution in [2.24, 2.45) is 10.9 Å². The van der Waals surface area contributed by atoms with E-state index in [-0.39, 0.29) is 37.8 Å². The maximum atomic E-state index is 13.1. The van der Waals surface area contributed by atoms with Crippen LogP contribution in [-0.4, -0.2) is 53.4 Å². The molecule has 1 fully saturated rings. The highest BCUT2D eigenvalue weighted by Gasteiger charge is 2.36. The molecule has 2 unspecified atom stereocenters. The third kappa shape index (κ3) is 5.93. The lowest BCUT2D eigenvalue weighted by molar-refractivity contribution is -0.144. The van der Waals surface area contributed by atoms with Gasteiger partial charge in [0.05, 0.1) is 31.5 Å². The number of amides is 2. The van der Waals surface area contributed by atoms with Crippen LogP contribution in [0.25, 0.3) is 0 Å². The normalized spacial score (nSPS) is 18.4. The summed E-state index contributed by atoms with van der Waals surface area (Å²) in [6.45, 7) is 3.06. The van der Waals surface area contributed by atoms with Gasteiger partial charge in [0.25, 0.3) is 0 Å². The standard InChI is InChI=1S/C24H27N5O4S/c1-2-33-22(31)13-20(16-5-4-8-25-14-16)28-23(32)17-11-21(30)29(15-17)19-7-3-6-18(12-19)27-24-26-9-10-34-24/h3-8,12,14,17,20H,2,9-11,13,15H2,1H3,(H,26,27)(H,28,32). The predicted octanol–water partition coefficient (Wildman–Crippen LogP) is 2.76. The van der Waals surface area contributed by atoms with Crippen molar-refractivity contribution in [2.75, 3.05) is 35.7 Å². The van der Waals surface area contributed by atoms with E-state index in [4.69, 9.17) is 4.74 Å². The van der Waals surface area contributed by atoms with Gasteiger partial charge in [0.1, 0.15) is 0 Å². The molecule has 2 aromatic rings. The Bertz CT molecular complexity index is 1080. The number of benzene rings is 1. The first-order valence-corrected chi connectivity index (χ1v) is 12.2. The second-order valence-corrected chi connectivity index (χ2v) is 9.06. The molecule has 1 aromatic carbocycles. The summed E-state index contributed by atoms with van der Waals surface area (Å²) in [4.78, 5) is 48.1. The number of hydrogen-bond donors (Lipinski definition) is 2. The predicted molar refractivity (Wildman–Crippen MR) is 132 cm³/mol. The van der Waals surface area contributed by atoms with E-state index < -0.39 is 17.9 Å². The monoisotopic (exact) mass is 481 g/mol. The van der Waals surface area contributed by atoms with Crippen LogP contribution in [0.5, 0.6) is 0 Å². The molecule has 3 heterocycles. The number of aliphatic imine (C=N–C) groups is 1. The second kappa shape index (κ2) is 11.1. The number of rotatable bonds is 8. The van der Waals surface area contributed by atoms with Crippen LogP contribution in [0.15, 0.2) is 53.8 Å². The van der Waals surface area contributed by atoms with E-state index in [2.05, 4.69) is 20.6 Å². The molecule has 9 nitrogen and oxygen atoms in total. The molecule has 0 saturated carbocycles. The van der Waals surface area contributed by atoms with Gasteiger partial charge in [0.2, 0.25) is 11.8 Å². The third-order valence-corrected chi connectivity index (χ3v) is 6.46. The van der Waals surface area contributed by atoms with Crippen molar-refractivity contribution >= 4 is 46.1 Å². The van der Waals surface area contributed by atoms with Crippen molar-refractivity contribution in [3.63, 3.8) is 0 Å². The number of nitrogens with one attached hydrogen (secondary N) is 2. The molecule has 0 aliphatic carbocycles. The quantitative estimate of drug-likeness (QED) is 0.558. The molecule has 2 N–H and O–H groups in total. The van der Waals surface area contributed by atoms with Crippen molar-refractivity contribution in [1.82, 2.24) is 10.3 Å². The van der Waals surface area contributed by atoms with Gasteiger partial charge < -0.3 is 20.3 Å². The molecule has 0 bridgehead atoms. The fourth-order valence-corrected chi connectivity index (χ4v) is 4.68. The number of carbonyl (C=O) groups is 3. The first-order chi connectivity index (χ1) is 16.5. The van der Waals surface area contributed by atoms with Crippen molar-refractivity contribution in [3.05, 3.63) is 54.4 Å². The van der Waals surface area contributed by atoms with Crippen LogP contribution in [0.4, 0.5) is 11.4 Å².